The second kappa shape index (κ2) is 7.55. The third-order valence-corrected chi connectivity index (χ3v) is 4.65. The monoisotopic (exact) mass is 344 g/mol. The molecule has 2 atom stereocenters. The SMILES string of the molecule is COc1ccc(C[C@H]2COC(=O)[C@@H]2Cc2ccccc2F)cc1OC. The van der Waals surface area contributed by atoms with E-state index in [2.05, 4.69) is 0 Å². The average molecular weight is 344 g/mol. The Kier molecular flexibility index (Phi) is 5.22. The Labute approximate surface area is 146 Å². The lowest BCUT2D eigenvalue weighted by molar-refractivity contribution is -0.141. The van der Waals surface area contributed by atoms with Crippen molar-refractivity contribution in [2.24, 2.45) is 11.8 Å². The molecule has 1 aliphatic rings. The molecule has 0 N–H and O–H groups in total. The van der Waals surface area contributed by atoms with Crippen LogP contribution in [-0.2, 0) is 22.4 Å². The van der Waals surface area contributed by atoms with E-state index in [9.17, 15) is 9.18 Å². The molecule has 4 nitrogen and oxygen atoms in total. The molecule has 0 unspecified atom stereocenters. The van der Waals surface area contributed by atoms with Crippen LogP contribution in [0.3, 0.4) is 0 Å². The van der Waals surface area contributed by atoms with Crippen LogP contribution >= 0.6 is 0 Å². The number of carbonyl (C=O) groups excluding carboxylic acids is 1. The summed E-state index contributed by atoms with van der Waals surface area (Å²) in [6, 6.07) is 12.3. The first-order valence-corrected chi connectivity index (χ1v) is 8.23. The molecular formula is C20H21FO4. The molecule has 0 aromatic heterocycles. The van der Waals surface area contributed by atoms with Gasteiger partial charge in [0, 0.05) is 5.92 Å². The van der Waals surface area contributed by atoms with Gasteiger partial charge in [-0.05, 0) is 42.2 Å². The molecule has 1 saturated heterocycles. The molecular weight excluding hydrogens is 323 g/mol. The molecule has 1 aliphatic heterocycles. The normalized spacial score (nSPS) is 19.6. The topological polar surface area (TPSA) is 44.8 Å². The smallest absolute Gasteiger partial charge is 0.309 e. The largest absolute Gasteiger partial charge is 0.493 e. The Hall–Kier alpha value is -2.56. The van der Waals surface area contributed by atoms with Crippen molar-refractivity contribution in [3.63, 3.8) is 0 Å². The first-order chi connectivity index (χ1) is 12.1. The lowest BCUT2D eigenvalue weighted by Gasteiger charge is -2.17. The molecule has 0 radical (unpaired) electrons. The number of rotatable bonds is 6. The van der Waals surface area contributed by atoms with Crippen molar-refractivity contribution < 1.29 is 23.4 Å². The van der Waals surface area contributed by atoms with Gasteiger partial charge in [0.15, 0.2) is 11.5 Å². The molecule has 2 aromatic carbocycles. The first-order valence-electron chi connectivity index (χ1n) is 8.23. The van der Waals surface area contributed by atoms with E-state index in [1.807, 2.05) is 18.2 Å². The predicted molar refractivity (Wildman–Crippen MR) is 91.3 cm³/mol. The Morgan fingerprint density at radius 3 is 2.56 bits per heavy atom. The van der Waals surface area contributed by atoms with Gasteiger partial charge in [-0.3, -0.25) is 4.79 Å². The van der Waals surface area contributed by atoms with Crippen LogP contribution in [0, 0.1) is 17.7 Å². The lowest BCUT2D eigenvalue weighted by atomic mass is 9.85. The Morgan fingerprint density at radius 1 is 1.08 bits per heavy atom. The van der Waals surface area contributed by atoms with Crippen LogP contribution in [0.5, 0.6) is 11.5 Å². The van der Waals surface area contributed by atoms with Gasteiger partial charge in [0.05, 0.1) is 26.7 Å². The summed E-state index contributed by atoms with van der Waals surface area (Å²) in [4.78, 5) is 12.1. The highest BCUT2D eigenvalue weighted by Crippen LogP contribution is 2.33. The van der Waals surface area contributed by atoms with Crippen molar-refractivity contribution >= 4 is 5.97 Å². The third-order valence-electron chi connectivity index (χ3n) is 4.65. The van der Waals surface area contributed by atoms with Crippen LogP contribution in [0.4, 0.5) is 4.39 Å². The van der Waals surface area contributed by atoms with E-state index < -0.39 is 0 Å². The highest BCUT2D eigenvalue weighted by molar-refractivity contribution is 5.75. The summed E-state index contributed by atoms with van der Waals surface area (Å²) in [6.07, 6.45) is 1.01. The zero-order valence-corrected chi connectivity index (χ0v) is 14.3. The van der Waals surface area contributed by atoms with Crippen LogP contribution in [0.1, 0.15) is 11.1 Å². The molecule has 25 heavy (non-hydrogen) atoms. The number of benzene rings is 2. The van der Waals surface area contributed by atoms with Gasteiger partial charge in [-0.1, -0.05) is 24.3 Å². The molecule has 0 spiro atoms. The quantitative estimate of drug-likeness (QED) is 0.753. The van der Waals surface area contributed by atoms with Gasteiger partial charge in [-0.25, -0.2) is 4.39 Å². The Balaban J connectivity index is 1.77. The van der Waals surface area contributed by atoms with Gasteiger partial charge in [-0.2, -0.15) is 0 Å². The van der Waals surface area contributed by atoms with Crippen molar-refractivity contribution in [1.82, 2.24) is 0 Å². The van der Waals surface area contributed by atoms with E-state index in [-0.39, 0.29) is 23.6 Å². The van der Waals surface area contributed by atoms with Crippen molar-refractivity contribution in [1.29, 1.82) is 0 Å². The second-order valence-corrected chi connectivity index (χ2v) is 6.19. The second-order valence-electron chi connectivity index (χ2n) is 6.19. The summed E-state index contributed by atoms with van der Waals surface area (Å²) in [5.74, 6) is 0.430. The molecule has 0 amide bonds. The number of halogens is 1. The minimum absolute atomic E-state index is 0.00482. The standard InChI is InChI=1S/C20H21FO4/c1-23-18-8-7-13(10-19(18)24-2)9-15-12-25-20(22)16(15)11-14-5-3-4-6-17(14)21/h3-8,10,15-16H,9,11-12H2,1-2H3/t15-,16+/m0/s1. The molecule has 0 bridgehead atoms. The first kappa shape index (κ1) is 17.3. The van der Waals surface area contributed by atoms with Crippen molar-refractivity contribution in [2.75, 3.05) is 20.8 Å². The molecule has 3 rings (SSSR count). The lowest BCUT2D eigenvalue weighted by Crippen LogP contribution is -2.21. The summed E-state index contributed by atoms with van der Waals surface area (Å²) in [5, 5.41) is 0. The summed E-state index contributed by atoms with van der Waals surface area (Å²) in [5.41, 5.74) is 1.57. The van der Waals surface area contributed by atoms with Gasteiger partial charge in [0.1, 0.15) is 5.82 Å². The fourth-order valence-electron chi connectivity index (χ4n) is 3.27. The van der Waals surface area contributed by atoms with Crippen molar-refractivity contribution in [2.45, 2.75) is 12.8 Å². The zero-order chi connectivity index (χ0) is 17.8. The summed E-state index contributed by atoms with van der Waals surface area (Å²) in [6.45, 7) is 0.353. The van der Waals surface area contributed by atoms with E-state index in [1.165, 1.54) is 6.07 Å². The molecule has 2 aromatic rings. The van der Waals surface area contributed by atoms with Gasteiger partial charge in [0.2, 0.25) is 0 Å². The van der Waals surface area contributed by atoms with Crippen LogP contribution in [0.25, 0.3) is 0 Å². The molecule has 0 saturated carbocycles. The van der Waals surface area contributed by atoms with E-state index in [1.54, 1.807) is 32.4 Å². The maximum atomic E-state index is 13.9. The summed E-state index contributed by atoms with van der Waals surface area (Å²) >= 11 is 0. The number of methoxy groups -OCH3 is 2. The minimum atomic E-state index is -0.343. The molecule has 1 fully saturated rings. The molecule has 132 valence electrons. The van der Waals surface area contributed by atoms with E-state index in [4.69, 9.17) is 14.2 Å². The van der Waals surface area contributed by atoms with Crippen molar-refractivity contribution in [3.8, 4) is 11.5 Å². The minimum Gasteiger partial charge on any atom is -0.493 e. The average Bonchev–Trinajstić information content (AvgIpc) is 2.96. The van der Waals surface area contributed by atoms with Crippen LogP contribution in [0.2, 0.25) is 0 Å². The highest BCUT2D eigenvalue weighted by atomic mass is 19.1. The number of cyclic esters (lactones) is 1. The van der Waals surface area contributed by atoms with Gasteiger partial charge in [-0.15, -0.1) is 0 Å². The van der Waals surface area contributed by atoms with Crippen LogP contribution < -0.4 is 9.47 Å². The number of esters is 1. The fourth-order valence-corrected chi connectivity index (χ4v) is 3.27. The van der Waals surface area contributed by atoms with E-state index >= 15 is 0 Å². The molecule has 0 aliphatic carbocycles. The number of ether oxygens (including phenoxy) is 3. The fraction of sp³-hybridized carbons (Fsp3) is 0.350. The van der Waals surface area contributed by atoms with E-state index in [0.29, 0.717) is 36.5 Å². The van der Waals surface area contributed by atoms with Crippen LogP contribution in [-0.4, -0.2) is 26.8 Å². The van der Waals surface area contributed by atoms with Gasteiger partial charge in [0.25, 0.3) is 0 Å². The number of hydrogen-bond acceptors (Lipinski definition) is 4. The predicted octanol–water partition coefficient (Wildman–Crippen LogP) is 3.42. The van der Waals surface area contributed by atoms with Crippen LogP contribution in [0.15, 0.2) is 42.5 Å². The zero-order valence-electron chi connectivity index (χ0n) is 14.3. The Morgan fingerprint density at radius 2 is 1.84 bits per heavy atom. The van der Waals surface area contributed by atoms with E-state index in [0.717, 1.165) is 5.56 Å². The van der Waals surface area contributed by atoms with Gasteiger partial charge < -0.3 is 14.2 Å². The number of hydrogen-bond donors (Lipinski definition) is 0. The Bertz CT molecular complexity index is 759. The maximum Gasteiger partial charge on any atom is 0.309 e. The van der Waals surface area contributed by atoms with Crippen molar-refractivity contribution in [3.05, 3.63) is 59.4 Å². The number of carbonyl (C=O) groups is 1. The van der Waals surface area contributed by atoms with Gasteiger partial charge >= 0.3 is 5.97 Å². The third kappa shape index (κ3) is 3.76. The highest BCUT2D eigenvalue weighted by Gasteiger charge is 2.37. The summed E-state index contributed by atoms with van der Waals surface area (Å²) in [7, 11) is 3.18. The maximum absolute atomic E-state index is 13.9. The molecule has 1 heterocycles. The molecule has 5 heteroatoms. The summed E-state index contributed by atoms with van der Waals surface area (Å²) < 4.78 is 29.7.